The van der Waals surface area contributed by atoms with E-state index in [-0.39, 0.29) is 17.1 Å². The van der Waals surface area contributed by atoms with Gasteiger partial charge in [0.25, 0.3) is 5.56 Å². The zero-order chi connectivity index (χ0) is 19.7. The summed E-state index contributed by atoms with van der Waals surface area (Å²) in [5.74, 6) is -0.0429. The maximum atomic E-state index is 12.7. The van der Waals surface area contributed by atoms with Crippen LogP contribution in [0.4, 0.5) is 5.69 Å². The number of benzene rings is 1. The largest absolute Gasteiger partial charge is 0.459 e. The predicted molar refractivity (Wildman–Crippen MR) is 108 cm³/mol. The van der Waals surface area contributed by atoms with Crippen LogP contribution in [0.5, 0.6) is 0 Å². The molecule has 6 nitrogen and oxygen atoms in total. The standard InChI is InChI=1S/C22H27N3O3/c1-21(2,3)28-20(27)22-11-16-9-15(10-17(12-22)25(16)22)24-14-4-5-18-13(8-14)6-7-23-19(18)26/h4-8,15-17,24H,9-12H2,1-3H3,(H,23,26)/t15?,16-,17?,22?/m1/s1. The summed E-state index contributed by atoms with van der Waals surface area (Å²) in [5.41, 5.74) is 0.213. The molecular weight excluding hydrogens is 354 g/mol. The molecule has 2 N–H and O–H groups in total. The van der Waals surface area contributed by atoms with Crippen LogP contribution < -0.4 is 10.9 Å². The first-order chi connectivity index (χ1) is 13.2. The summed E-state index contributed by atoms with van der Waals surface area (Å²) in [6, 6.07) is 9.15. The molecule has 3 saturated heterocycles. The number of fused-ring (bicyclic) bond motifs is 1. The summed E-state index contributed by atoms with van der Waals surface area (Å²) in [5, 5.41) is 5.32. The highest BCUT2D eigenvalue weighted by Gasteiger charge is 2.70. The maximum Gasteiger partial charge on any atom is 0.327 e. The van der Waals surface area contributed by atoms with Gasteiger partial charge in [0.1, 0.15) is 11.1 Å². The number of ether oxygens (including phenoxy) is 1. The second-order valence-corrected chi connectivity index (χ2v) is 9.58. The summed E-state index contributed by atoms with van der Waals surface area (Å²) in [6.07, 6.45) is 5.57. The number of H-pyrrole nitrogens is 1. The molecule has 0 saturated carbocycles. The number of carbonyl (C=O) groups is 1. The number of carbonyl (C=O) groups excluding carboxylic acids is 1. The number of nitrogens with zero attached hydrogens (tertiary/aromatic N) is 1. The van der Waals surface area contributed by atoms with Crippen LogP contribution in [0.15, 0.2) is 35.3 Å². The molecule has 4 heterocycles. The average molecular weight is 381 g/mol. The van der Waals surface area contributed by atoms with Crippen molar-refractivity contribution in [3.05, 3.63) is 40.8 Å². The fourth-order valence-corrected chi connectivity index (χ4v) is 5.47. The highest BCUT2D eigenvalue weighted by Crippen LogP contribution is 2.57. The number of esters is 1. The Morgan fingerprint density at radius 1 is 1.21 bits per heavy atom. The zero-order valence-corrected chi connectivity index (χ0v) is 16.6. The molecule has 0 spiro atoms. The number of aromatic nitrogens is 1. The molecule has 3 fully saturated rings. The Hall–Kier alpha value is -2.34. The van der Waals surface area contributed by atoms with E-state index in [1.54, 1.807) is 6.20 Å². The molecule has 6 heteroatoms. The molecule has 5 rings (SSSR count). The van der Waals surface area contributed by atoms with Crippen LogP contribution in [0.2, 0.25) is 0 Å². The van der Waals surface area contributed by atoms with Gasteiger partial charge >= 0.3 is 5.97 Å². The Kier molecular flexibility index (Phi) is 3.69. The van der Waals surface area contributed by atoms with Crippen molar-refractivity contribution in [1.82, 2.24) is 9.88 Å². The molecule has 3 unspecified atom stereocenters. The smallest absolute Gasteiger partial charge is 0.327 e. The number of pyridine rings is 1. The number of nitrogens with one attached hydrogen (secondary N) is 2. The van der Waals surface area contributed by atoms with Crippen LogP contribution in [0.1, 0.15) is 46.5 Å². The van der Waals surface area contributed by atoms with Crippen molar-refractivity contribution in [2.45, 2.75) is 75.7 Å². The maximum absolute atomic E-state index is 12.7. The van der Waals surface area contributed by atoms with Crippen LogP contribution in [0.25, 0.3) is 10.8 Å². The molecule has 1 aromatic carbocycles. The Balaban J connectivity index is 1.26. The van der Waals surface area contributed by atoms with E-state index in [4.69, 9.17) is 4.74 Å². The van der Waals surface area contributed by atoms with Crippen molar-refractivity contribution in [3.63, 3.8) is 0 Å². The van der Waals surface area contributed by atoms with Gasteiger partial charge in [0, 0.05) is 35.4 Å². The Bertz CT molecular complexity index is 990. The minimum atomic E-state index is -0.431. The minimum Gasteiger partial charge on any atom is -0.459 e. The van der Waals surface area contributed by atoms with Crippen molar-refractivity contribution in [3.8, 4) is 0 Å². The van der Waals surface area contributed by atoms with Crippen LogP contribution in [0, 0.1) is 0 Å². The van der Waals surface area contributed by atoms with Gasteiger partial charge in [0.05, 0.1) is 0 Å². The number of rotatable bonds is 3. The Morgan fingerprint density at radius 2 is 1.93 bits per heavy atom. The third-order valence-electron chi connectivity index (χ3n) is 6.46. The molecule has 0 radical (unpaired) electrons. The van der Waals surface area contributed by atoms with Crippen molar-refractivity contribution in [1.29, 1.82) is 0 Å². The van der Waals surface area contributed by atoms with Gasteiger partial charge in [-0.3, -0.25) is 14.5 Å². The molecule has 3 aliphatic rings. The summed E-state index contributed by atoms with van der Waals surface area (Å²) in [4.78, 5) is 29.7. The number of hydrogen-bond acceptors (Lipinski definition) is 5. The molecule has 148 valence electrons. The molecule has 0 aliphatic carbocycles. The van der Waals surface area contributed by atoms with Crippen LogP contribution >= 0.6 is 0 Å². The Labute approximate surface area is 164 Å². The van der Waals surface area contributed by atoms with E-state index >= 15 is 0 Å². The molecule has 0 amide bonds. The van der Waals surface area contributed by atoms with Gasteiger partial charge in [0.15, 0.2) is 0 Å². The molecular formula is C22H27N3O3. The Morgan fingerprint density at radius 3 is 2.61 bits per heavy atom. The van der Waals surface area contributed by atoms with E-state index in [0.29, 0.717) is 23.5 Å². The van der Waals surface area contributed by atoms with Gasteiger partial charge in [-0.1, -0.05) is 0 Å². The minimum absolute atomic E-state index is 0.0429. The molecule has 4 atom stereocenters. The van der Waals surface area contributed by atoms with Crippen LogP contribution in [0.3, 0.4) is 0 Å². The molecule has 28 heavy (non-hydrogen) atoms. The number of anilines is 1. The van der Waals surface area contributed by atoms with E-state index in [9.17, 15) is 9.59 Å². The fraction of sp³-hybridized carbons (Fsp3) is 0.545. The fourth-order valence-electron chi connectivity index (χ4n) is 5.47. The molecule has 0 bridgehead atoms. The zero-order valence-electron chi connectivity index (χ0n) is 16.6. The quantitative estimate of drug-likeness (QED) is 0.800. The highest BCUT2D eigenvalue weighted by atomic mass is 16.6. The lowest BCUT2D eigenvalue weighted by Gasteiger charge is -2.71. The monoisotopic (exact) mass is 381 g/mol. The highest BCUT2D eigenvalue weighted by molar-refractivity contribution is 5.85. The third-order valence-corrected chi connectivity index (χ3v) is 6.46. The van der Waals surface area contributed by atoms with Crippen LogP contribution in [-0.4, -0.2) is 45.1 Å². The average Bonchev–Trinajstić information content (AvgIpc) is 2.55. The lowest BCUT2D eigenvalue weighted by atomic mass is 9.59. The van der Waals surface area contributed by atoms with Crippen molar-refractivity contribution < 1.29 is 9.53 Å². The second-order valence-electron chi connectivity index (χ2n) is 9.58. The van der Waals surface area contributed by atoms with E-state index < -0.39 is 5.60 Å². The van der Waals surface area contributed by atoms with Gasteiger partial charge in [-0.2, -0.15) is 0 Å². The second kappa shape index (κ2) is 5.83. The summed E-state index contributed by atoms with van der Waals surface area (Å²) >= 11 is 0. The summed E-state index contributed by atoms with van der Waals surface area (Å²) in [7, 11) is 0. The molecule has 2 aromatic rings. The number of aromatic amines is 1. The first kappa shape index (κ1) is 17.7. The van der Waals surface area contributed by atoms with E-state index in [0.717, 1.165) is 36.8 Å². The van der Waals surface area contributed by atoms with E-state index in [1.807, 2.05) is 45.0 Å². The first-order valence-electron chi connectivity index (χ1n) is 10.2. The molecule has 3 aliphatic heterocycles. The lowest BCUT2D eigenvalue weighted by Crippen LogP contribution is -2.84. The number of piperidine rings is 2. The van der Waals surface area contributed by atoms with E-state index in [2.05, 4.69) is 15.2 Å². The van der Waals surface area contributed by atoms with Gasteiger partial charge in [0.2, 0.25) is 0 Å². The number of hydrogen-bond donors (Lipinski definition) is 2. The first-order valence-corrected chi connectivity index (χ1v) is 10.2. The van der Waals surface area contributed by atoms with Gasteiger partial charge < -0.3 is 15.0 Å². The lowest BCUT2D eigenvalue weighted by molar-refractivity contribution is -0.241. The van der Waals surface area contributed by atoms with Crippen molar-refractivity contribution in [2.24, 2.45) is 0 Å². The van der Waals surface area contributed by atoms with Gasteiger partial charge in [-0.05, 0) is 76.1 Å². The van der Waals surface area contributed by atoms with Gasteiger partial charge in [-0.15, -0.1) is 0 Å². The van der Waals surface area contributed by atoms with Crippen molar-refractivity contribution in [2.75, 3.05) is 5.32 Å². The topological polar surface area (TPSA) is 74.4 Å². The van der Waals surface area contributed by atoms with Gasteiger partial charge in [-0.25, -0.2) is 0 Å². The normalized spacial score (nSPS) is 31.5. The molecule has 1 aromatic heterocycles. The van der Waals surface area contributed by atoms with E-state index in [1.165, 1.54) is 0 Å². The summed E-state index contributed by atoms with van der Waals surface area (Å²) in [6.45, 7) is 5.80. The SMILES string of the molecule is CC(C)(C)OC(=O)C12CC3CC(Nc4ccc5c(=O)[nH]ccc5c4)C[C@H](C1)N32. The van der Waals surface area contributed by atoms with Crippen LogP contribution in [-0.2, 0) is 9.53 Å². The predicted octanol–water partition coefficient (Wildman–Crippen LogP) is 3.03. The third kappa shape index (κ3) is 2.65. The van der Waals surface area contributed by atoms with Crippen molar-refractivity contribution >= 4 is 22.4 Å². The summed E-state index contributed by atoms with van der Waals surface area (Å²) < 4.78 is 5.68.